The highest BCUT2D eigenvalue weighted by Gasteiger charge is 2.10. The number of rotatable bonds is 5. The van der Waals surface area contributed by atoms with Crippen LogP contribution in [-0.2, 0) is 6.54 Å². The van der Waals surface area contributed by atoms with E-state index < -0.39 is 0 Å². The van der Waals surface area contributed by atoms with Crippen LogP contribution in [0.15, 0.2) is 36.5 Å². The lowest BCUT2D eigenvalue weighted by Crippen LogP contribution is -2.26. The molecule has 0 atom stereocenters. The molecule has 2 N–H and O–H groups in total. The fraction of sp³-hybridized carbons (Fsp3) is 0.333. The molecule has 0 fully saturated rings. The van der Waals surface area contributed by atoms with Crippen LogP contribution in [0.3, 0.4) is 0 Å². The highest BCUT2D eigenvalue weighted by atomic mass is 15.2. The standard InChI is InChI=1S/C15H20N4/c1-3-10-19(15-17-9-8-12(2)18-15)11-13-6-4-5-7-14(13)16/h4-9H,3,10-11,16H2,1-2H3. The lowest BCUT2D eigenvalue weighted by atomic mass is 10.1. The van der Waals surface area contributed by atoms with E-state index in [9.17, 15) is 0 Å². The monoisotopic (exact) mass is 256 g/mol. The number of aromatic nitrogens is 2. The summed E-state index contributed by atoms with van der Waals surface area (Å²) in [5.74, 6) is 0.769. The highest BCUT2D eigenvalue weighted by Crippen LogP contribution is 2.17. The lowest BCUT2D eigenvalue weighted by Gasteiger charge is -2.23. The van der Waals surface area contributed by atoms with Gasteiger partial charge in [0.15, 0.2) is 0 Å². The van der Waals surface area contributed by atoms with Gasteiger partial charge in [0, 0.05) is 30.7 Å². The second kappa shape index (κ2) is 6.18. The van der Waals surface area contributed by atoms with Crippen LogP contribution in [0.25, 0.3) is 0 Å². The van der Waals surface area contributed by atoms with E-state index in [4.69, 9.17) is 5.73 Å². The zero-order valence-corrected chi connectivity index (χ0v) is 11.5. The summed E-state index contributed by atoms with van der Waals surface area (Å²) >= 11 is 0. The first-order chi connectivity index (χ1) is 9.20. The summed E-state index contributed by atoms with van der Waals surface area (Å²) in [6, 6.07) is 9.84. The van der Waals surface area contributed by atoms with Crippen molar-refractivity contribution in [2.45, 2.75) is 26.8 Å². The smallest absolute Gasteiger partial charge is 0.225 e. The molecule has 0 amide bonds. The van der Waals surface area contributed by atoms with E-state index >= 15 is 0 Å². The summed E-state index contributed by atoms with van der Waals surface area (Å²) in [7, 11) is 0. The van der Waals surface area contributed by atoms with Crippen molar-refractivity contribution >= 4 is 11.6 Å². The molecular weight excluding hydrogens is 236 g/mol. The zero-order valence-electron chi connectivity index (χ0n) is 11.5. The Balaban J connectivity index is 2.24. The van der Waals surface area contributed by atoms with E-state index in [0.29, 0.717) is 0 Å². The van der Waals surface area contributed by atoms with Crippen LogP contribution in [0.5, 0.6) is 0 Å². The Morgan fingerprint density at radius 1 is 1.21 bits per heavy atom. The maximum atomic E-state index is 6.01. The fourth-order valence-corrected chi connectivity index (χ4v) is 1.99. The number of para-hydroxylation sites is 1. The summed E-state index contributed by atoms with van der Waals surface area (Å²) in [5, 5.41) is 0. The molecule has 0 radical (unpaired) electrons. The summed E-state index contributed by atoms with van der Waals surface area (Å²) in [6.07, 6.45) is 2.85. The number of nitrogens with zero attached hydrogens (tertiary/aromatic N) is 3. The molecule has 2 rings (SSSR count). The van der Waals surface area contributed by atoms with Crippen molar-refractivity contribution < 1.29 is 0 Å². The van der Waals surface area contributed by atoms with Gasteiger partial charge in [-0.3, -0.25) is 0 Å². The molecular formula is C15H20N4. The summed E-state index contributed by atoms with van der Waals surface area (Å²) in [5.41, 5.74) is 8.91. The third kappa shape index (κ3) is 3.44. The Kier molecular flexibility index (Phi) is 4.34. The Hall–Kier alpha value is -2.10. The molecule has 0 aliphatic rings. The first kappa shape index (κ1) is 13.3. The van der Waals surface area contributed by atoms with Gasteiger partial charge >= 0.3 is 0 Å². The van der Waals surface area contributed by atoms with Gasteiger partial charge in [0.25, 0.3) is 0 Å². The van der Waals surface area contributed by atoms with Crippen LogP contribution < -0.4 is 10.6 Å². The minimum atomic E-state index is 0.740. The van der Waals surface area contributed by atoms with Gasteiger partial charge in [0.1, 0.15) is 0 Å². The van der Waals surface area contributed by atoms with Crippen LogP contribution in [0.1, 0.15) is 24.6 Å². The Morgan fingerprint density at radius 3 is 2.68 bits per heavy atom. The van der Waals surface area contributed by atoms with Crippen LogP contribution in [0, 0.1) is 6.92 Å². The molecule has 1 aromatic carbocycles. The van der Waals surface area contributed by atoms with Gasteiger partial charge in [-0.05, 0) is 31.0 Å². The van der Waals surface area contributed by atoms with E-state index in [1.807, 2.05) is 37.3 Å². The van der Waals surface area contributed by atoms with Gasteiger partial charge in [0.05, 0.1) is 0 Å². The molecule has 2 aromatic rings. The van der Waals surface area contributed by atoms with Crippen molar-refractivity contribution in [3.8, 4) is 0 Å². The number of nitrogen functional groups attached to an aromatic ring is 1. The SMILES string of the molecule is CCCN(Cc1ccccc1N)c1nccc(C)n1. The molecule has 1 heterocycles. The maximum Gasteiger partial charge on any atom is 0.225 e. The molecule has 0 saturated carbocycles. The van der Waals surface area contributed by atoms with E-state index in [1.54, 1.807) is 6.20 Å². The molecule has 0 aliphatic heterocycles. The molecule has 4 nitrogen and oxygen atoms in total. The normalized spacial score (nSPS) is 10.4. The Bertz CT molecular complexity index is 539. The third-order valence-corrected chi connectivity index (χ3v) is 2.97. The first-order valence-electron chi connectivity index (χ1n) is 6.58. The maximum absolute atomic E-state index is 6.01. The number of aryl methyl sites for hydroxylation is 1. The van der Waals surface area contributed by atoms with Crippen molar-refractivity contribution in [3.63, 3.8) is 0 Å². The van der Waals surface area contributed by atoms with E-state index in [0.717, 1.165) is 42.4 Å². The van der Waals surface area contributed by atoms with Crippen LogP contribution >= 0.6 is 0 Å². The number of benzene rings is 1. The lowest BCUT2D eigenvalue weighted by molar-refractivity contribution is 0.737. The Labute approximate surface area is 114 Å². The molecule has 4 heteroatoms. The molecule has 0 aliphatic carbocycles. The summed E-state index contributed by atoms with van der Waals surface area (Å²) in [4.78, 5) is 11.0. The first-order valence-corrected chi connectivity index (χ1v) is 6.58. The predicted molar refractivity (Wildman–Crippen MR) is 79.0 cm³/mol. The number of anilines is 2. The quantitative estimate of drug-likeness (QED) is 0.836. The van der Waals surface area contributed by atoms with E-state index in [-0.39, 0.29) is 0 Å². The van der Waals surface area contributed by atoms with Crippen molar-refractivity contribution in [1.29, 1.82) is 0 Å². The van der Waals surface area contributed by atoms with Gasteiger partial charge in [-0.15, -0.1) is 0 Å². The zero-order chi connectivity index (χ0) is 13.7. The number of nitrogens with two attached hydrogens (primary N) is 1. The largest absolute Gasteiger partial charge is 0.398 e. The summed E-state index contributed by atoms with van der Waals surface area (Å²) in [6.45, 7) is 5.78. The van der Waals surface area contributed by atoms with Gasteiger partial charge in [-0.25, -0.2) is 9.97 Å². The minimum Gasteiger partial charge on any atom is -0.398 e. The molecule has 0 saturated heterocycles. The van der Waals surface area contributed by atoms with Crippen LogP contribution in [0.2, 0.25) is 0 Å². The molecule has 0 spiro atoms. The predicted octanol–water partition coefficient (Wildman–Crippen LogP) is 2.78. The summed E-state index contributed by atoms with van der Waals surface area (Å²) < 4.78 is 0. The second-order valence-electron chi connectivity index (χ2n) is 4.62. The van der Waals surface area contributed by atoms with Gasteiger partial charge in [0.2, 0.25) is 5.95 Å². The molecule has 19 heavy (non-hydrogen) atoms. The van der Waals surface area contributed by atoms with Crippen molar-refractivity contribution in [1.82, 2.24) is 9.97 Å². The van der Waals surface area contributed by atoms with E-state index in [1.165, 1.54) is 0 Å². The topological polar surface area (TPSA) is 55.0 Å². The molecule has 1 aromatic heterocycles. The van der Waals surface area contributed by atoms with Gasteiger partial charge in [-0.1, -0.05) is 25.1 Å². The van der Waals surface area contributed by atoms with Crippen molar-refractivity contribution in [2.75, 3.05) is 17.2 Å². The number of hydrogen-bond donors (Lipinski definition) is 1. The third-order valence-electron chi connectivity index (χ3n) is 2.97. The van der Waals surface area contributed by atoms with E-state index in [2.05, 4.69) is 21.8 Å². The van der Waals surface area contributed by atoms with Crippen LogP contribution in [-0.4, -0.2) is 16.5 Å². The second-order valence-corrected chi connectivity index (χ2v) is 4.62. The Morgan fingerprint density at radius 2 is 2.00 bits per heavy atom. The highest BCUT2D eigenvalue weighted by molar-refractivity contribution is 5.48. The molecule has 0 bridgehead atoms. The molecule has 100 valence electrons. The van der Waals surface area contributed by atoms with Crippen molar-refractivity contribution in [2.24, 2.45) is 0 Å². The van der Waals surface area contributed by atoms with Crippen LogP contribution in [0.4, 0.5) is 11.6 Å². The average molecular weight is 256 g/mol. The average Bonchev–Trinajstić information content (AvgIpc) is 2.40. The van der Waals surface area contributed by atoms with Crippen molar-refractivity contribution in [3.05, 3.63) is 47.8 Å². The van der Waals surface area contributed by atoms with Gasteiger partial charge < -0.3 is 10.6 Å². The molecule has 0 unspecified atom stereocenters. The van der Waals surface area contributed by atoms with Gasteiger partial charge in [-0.2, -0.15) is 0 Å². The number of hydrogen-bond acceptors (Lipinski definition) is 4. The fourth-order valence-electron chi connectivity index (χ4n) is 1.99. The minimum absolute atomic E-state index is 0.740.